The second-order valence-electron chi connectivity index (χ2n) is 5.99. The molecule has 20 heavy (non-hydrogen) atoms. The monoisotopic (exact) mass is 272 g/mol. The van der Waals surface area contributed by atoms with Crippen molar-refractivity contribution in [2.45, 2.75) is 51.2 Å². The zero-order valence-electron chi connectivity index (χ0n) is 11.9. The minimum atomic E-state index is 0.239. The molecule has 0 radical (unpaired) electrons. The van der Waals surface area contributed by atoms with Gasteiger partial charge in [-0.25, -0.2) is 4.98 Å². The van der Waals surface area contributed by atoms with Gasteiger partial charge in [0.2, 0.25) is 5.88 Å². The van der Waals surface area contributed by atoms with Gasteiger partial charge in [-0.3, -0.25) is 4.99 Å². The number of nitrogens with zero attached hydrogens (tertiary/aromatic N) is 2. The number of ether oxygens (including phenoxy) is 2. The first-order chi connectivity index (χ1) is 9.81. The average molecular weight is 272 g/mol. The quantitative estimate of drug-likeness (QED) is 0.850. The lowest BCUT2D eigenvalue weighted by Crippen LogP contribution is -2.27. The molecular weight excluding hydrogens is 252 g/mol. The Balaban J connectivity index is 1.66. The van der Waals surface area contributed by atoms with Crippen molar-refractivity contribution in [3.05, 3.63) is 22.9 Å². The normalized spacial score (nSPS) is 22.6. The van der Waals surface area contributed by atoms with Gasteiger partial charge in [0.1, 0.15) is 6.10 Å². The van der Waals surface area contributed by atoms with E-state index in [2.05, 4.69) is 18.0 Å². The molecule has 1 saturated heterocycles. The molecule has 0 amide bonds. The molecule has 2 aliphatic heterocycles. The molecule has 0 unspecified atom stereocenters. The van der Waals surface area contributed by atoms with Gasteiger partial charge in [-0.1, -0.05) is 0 Å². The summed E-state index contributed by atoms with van der Waals surface area (Å²) in [6, 6.07) is 2.24. The Labute approximate surface area is 119 Å². The van der Waals surface area contributed by atoms with Crippen LogP contribution < -0.4 is 4.74 Å². The topological polar surface area (TPSA) is 43.7 Å². The number of fused-ring (bicyclic) bond motifs is 1. The highest BCUT2D eigenvalue weighted by Gasteiger charge is 2.30. The number of aromatic nitrogens is 1. The van der Waals surface area contributed by atoms with Gasteiger partial charge in [-0.2, -0.15) is 0 Å². The van der Waals surface area contributed by atoms with Gasteiger partial charge in [0, 0.05) is 30.2 Å². The van der Waals surface area contributed by atoms with Crippen molar-refractivity contribution in [1.29, 1.82) is 0 Å². The van der Waals surface area contributed by atoms with Gasteiger partial charge < -0.3 is 9.47 Å². The van der Waals surface area contributed by atoms with Gasteiger partial charge >= 0.3 is 0 Å². The molecule has 106 valence electrons. The Hall–Kier alpha value is -1.42. The first-order valence-corrected chi connectivity index (χ1v) is 7.61. The van der Waals surface area contributed by atoms with E-state index in [-0.39, 0.29) is 6.10 Å². The molecule has 4 nitrogen and oxygen atoms in total. The lowest BCUT2D eigenvalue weighted by atomic mass is 10.1. The molecule has 0 spiro atoms. The molecule has 3 heterocycles. The highest BCUT2D eigenvalue weighted by molar-refractivity contribution is 6.03. The van der Waals surface area contributed by atoms with Crippen molar-refractivity contribution in [1.82, 2.24) is 4.98 Å². The van der Waals surface area contributed by atoms with Gasteiger partial charge in [-0.15, -0.1) is 0 Å². The van der Waals surface area contributed by atoms with Crippen molar-refractivity contribution in [3.63, 3.8) is 0 Å². The van der Waals surface area contributed by atoms with E-state index in [1.807, 2.05) is 0 Å². The lowest BCUT2D eigenvalue weighted by Gasteiger charge is -2.24. The third kappa shape index (κ3) is 2.22. The summed E-state index contributed by atoms with van der Waals surface area (Å²) >= 11 is 0. The van der Waals surface area contributed by atoms with Crippen LogP contribution in [0.2, 0.25) is 0 Å². The number of rotatable bonds is 3. The fraction of sp³-hybridized carbons (Fsp3) is 0.625. The fourth-order valence-electron chi connectivity index (χ4n) is 3.01. The second-order valence-corrected chi connectivity index (χ2v) is 5.99. The van der Waals surface area contributed by atoms with Gasteiger partial charge in [0.05, 0.1) is 25.3 Å². The average Bonchev–Trinajstić information content (AvgIpc) is 3.25. The number of hydrogen-bond acceptors (Lipinski definition) is 4. The Morgan fingerprint density at radius 1 is 1.20 bits per heavy atom. The van der Waals surface area contributed by atoms with Crippen molar-refractivity contribution in [2.24, 2.45) is 4.99 Å². The second kappa shape index (κ2) is 4.85. The van der Waals surface area contributed by atoms with E-state index >= 15 is 0 Å². The first-order valence-electron chi connectivity index (χ1n) is 7.61. The van der Waals surface area contributed by atoms with Crippen molar-refractivity contribution < 1.29 is 9.47 Å². The van der Waals surface area contributed by atoms with Gasteiger partial charge in [0.25, 0.3) is 0 Å². The van der Waals surface area contributed by atoms with E-state index in [1.165, 1.54) is 24.1 Å². The largest absolute Gasteiger partial charge is 0.474 e. The van der Waals surface area contributed by atoms with Gasteiger partial charge in [0.15, 0.2) is 0 Å². The molecule has 4 rings (SSSR count). The van der Waals surface area contributed by atoms with Crippen LogP contribution >= 0.6 is 0 Å². The highest BCUT2D eigenvalue weighted by Crippen LogP contribution is 2.42. The summed E-state index contributed by atoms with van der Waals surface area (Å²) in [6.45, 7) is 4.43. The highest BCUT2D eigenvalue weighted by atomic mass is 16.5. The molecule has 1 aromatic heterocycles. The van der Waals surface area contributed by atoms with Crippen LogP contribution in [0.4, 0.5) is 0 Å². The van der Waals surface area contributed by atoms with Crippen molar-refractivity contribution in [2.75, 3.05) is 13.2 Å². The van der Waals surface area contributed by atoms with Crippen molar-refractivity contribution in [3.8, 4) is 5.88 Å². The summed E-state index contributed by atoms with van der Waals surface area (Å²) in [5, 5.41) is 0. The minimum Gasteiger partial charge on any atom is -0.474 e. The Kier molecular flexibility index (Phi) is 2.99. The van der Waals surface area contributed by atoms with E-state index in [9.17, 15) is 0 Å². The van der Waals surface area contributed by atoms with Gasteiger partial charge in [-0.05, 0) is 31.4 Å². The maximum absolute atomic E-state index is 6.22. The number of pyridine rings is 1. The molecule has 1 aliphatic carbocycles. The molecule has 3 aliphatic rings. The van der Waals surface area contributed by atoms with Crippen LogP contribution in [0.25, 0.3) is 0 Å². The molecule has 2 fully saturated rings. The molecule has 1 saturated carbocycles. The summed E-state index contributed by atoms with van der Waals surface area (Å²) in [6.07, 6.45) is 4.69. The maximum Gasteiger partial charge on any atom is 0.223 e. The van der Waals surface area contributed by atoms with E-state index in [0.717, 1.165) is 49.8 Å². The Morgan fingerprint density at radius 3 is 2.75 bits per heavy atom. The van der Waals surface area contributed by atoms with Crippen molar-refractivity contribution >= 4 is 5.71 Å². The lowest BCUT2D eigenvalue weighted by molar-refractivity contribution is 0.0236. The molecule has 0 aromatic carbocycles. The van der Waals surface area contributed by atoms with Crippen LogP contribution in [0.15, 0.2) is 11.1 Å². The predicted octanol–water partition coefficient (Wildman–Crippen LogP) is 2.84. The fourth-order valence-corrected chi connectivity index (χ4v) is 3.01. The molecule has 4 heteroatoms. The van der Waals surface area contributed by atoms with Crippen LogP contribution in [0.5, 0.6) is 5.88 Å². The van der Waals surface area contributed by atoms with Crippen LogP contribution in [0.1, 0.15) is 55.3 Å². The van der Waals surface area contributed by atoms with E-state index < -0.39 is 0 Å². The Morgan fingerprint density at radius 2 is 2.00 bits per heavy atom. The molecule has 0 N–H and O–H groups in total. The van der Waals surface area contributed by atoms with Crippen LogP contribution in [-0.2, 0) is 11.3 Å². The van der Waals surface area contributed by atoms with E-state index in [4.69, 9.17) is 14.5 Å². The third-order valence-corrected chi connectivity index (χ3v) is 4.38. The predicted molar refractivity (Wildman–Crippen MR) is 76.6 cm³/mol. The molecule has 0 atom stereocenters. The van der Waals surface area contributed by atoms with E-state index in [1.54, 1.807) is 0 Å². The zero-order valence-corrected chi connectivity index (χ0v) is 11.9. The maximum atomic E-state index is 6.22. The third-order valence-electron chi connectivity index (χ3n) is 4.38. The summed E-state index contributed by atoms with van der Waals surface area (Å²) in [5.41, 5.74) is 4.70. The molecular formula is C16H20N2O2. The van der Waals surface area contributed by atoms with Crippen LogP contribution in [0.3, 0.4) is 0 Å². The summed E-state index contributed by atoms with van der Waals surface area (Å²) in [7, 11) is 0. The first kappa shape index (κ1) is 12.3. The number of hydrogen-bond donors (Lipinski definition) is 0. The van der Waals surface area contributed by atoms with Crippen LogP contribution in [-0.4, -0.2) is 30.0 Å². The number of aliphatic imine (C=N–C) groups is 1. The smallest absolute Gasteiger partial charge is 0.223 e. The SMILES string of the molecule is CC1=NCc2cc(C3CC3)nc(OC3CCOCC3)c21. The minimum absolute atomic E-state index is 0.239. The zero-order chi connectivity index (χ0) is 13.5. The summed E-state index contributed by atoms with van der Waals surface area (Å²) < 4.78 is 11.6. The summed E-state index contributed by atoms with van der Waals surface area (Å²) in [4.78, 5) is 9.36. The van der Waals surface area contributed by atoms with Crippen LogP contribution in [0, 0.1) is 0 Å². The van der Waals surface area contributed by atoms with E-state index in [0.29, 0.717) is 5.92 Å². The molecule has 1 aromatic rings. The standard InChI is InChI=1S/C16H20N2O2/c1-10-15-12(9-17-10)8-14(11-2-3-11)18-16(15)20-13-4-6-19-7-5-13/h8,11,13H,2-7,9H2,1H3. The molecule has 0 bridgehead atoms. The Bertz CT molecular complexity index is 558. The summed E-state index contributed by atoms with van der Waals surface area (Å²) in [5.74, 6) is 1.47.